The van der Waals surface area contributed by atoms with E-state index in [4.69, 9.17) is 4.74 Å². The largest absolute Gasteiger partial charge is 0.439 e. The van der Waals surface area contributed by atoms with Crippen molar-refractivity contribution in [2.75, 3.05) is 0 Å². The fourth-order valence-electron chi connectivity index (χ4n) is 3.40. The lowest BCUT2D eigenvalue weighted by Crippen LogP contribution is -2.25. The molecule has 134 valence electrons. The van der Waals surface area contributed by atoms with E-state index in [0.29, 0.717) is 17.7 Å². The minimum atomic E-state index is -0.287. The first-order valence-electron chi connectivity index (χ1n) is 8.84. The van der Waals surface area contributed by atoms with Gasteiger partial charge in [0.1, 0.15) is 11.6 Å². The lowest BCUT2D eigenvalue weighted by molar-refractivity contribution is 0.451. The molecule has 1 unspecified atom stereocenters. The van der Waals surface area contributed by atoms with E-state index in [1.807, 2.05) is 12.1 Å². The van der Waals surface area contributed by atoms with Crippen molar-refractivity contribution in [3.8, 4) is 11.6 Å². The van der Waals surface area contributed by atoms with Crippen LogP contribution >= 0.6 is 0 Å². The first-order chi connectivity index (χ1) is 12.7. The van der Waals surface area contributed by atoms with Crippen LogP contribution in [-0.4, -0.2) is 15.2 Å². The SMILES string of the molecule is Cc1[nH]nc2c1C(NCc1ccc(Oc3ccc(F)cc3)nc1)CCC2. The molecule has 0 saturated carbocycles. The molecule has 0 saturated heterocycles. The Bertz CT molecular complexity index is 874. The summed E-state index contributed by atoms with van der Waals surface area (Å²) in [6.07, 6.45) is 5.12. The predicted octanol–water partition coefficient (Wildman–Crippen LogP) is 4.21. The molecule has 1 atom stereocenters. The number of H-pyrrole nitrogens is 1. The summed E-state index contributed by atoms with van der Waals surface area (Å²) in [6.45, 7) is 2.81. The molecular formula is C20H21FN4O. The summed E-state index contributed by atoms with van der Waals surface area (Å²) in [7, 11) is 0. The van der Waals surface area contributed by atoms with Gasteiger partial charge in [-0.25, -0.2) is 9.37 Å². The Kier molecular flexibility index (Phi) is 4.67. The third-order valence-electron chi connectivity index (χ3n) is 4.71. The second-order valence-electron chi connectivity index (χ2n) is 6.60. The van der Waals surface area contributed by atoms with Gasteiger partial charge in [0, 0.05) is 36.1 Å². The van der Waals surface area contributed by atoms with E-state index in [2.05, 4.69) is 27.4 Å². The summed E-state index contributed by atoms with van der Waals surface area (Å²) in [5.41, 5.74) is 4.75. The van der Waals surface area contributed by atoms with E-state index in [1.54, 1.807) is 18.3 Å². The van der Waals surface area contributed by atoms with Crippen molar-refractivity contribution in [1.29, 1.82) is 0 Å². The molecule has 3 aromatic rings. The molecule has 26 heavy (non-hydrogen) atoms. The first kappa shape index (κ1) is 16.7. The summed E-state index contributed by atoms with van der Waals surface area (Å²) in [6, 6.07) is 10.0. The number of hydrogen-bond donors (Lipinski definition) is 2. The molecule has 0 spiro atoms. The van der Waals surface area contributed by atoms with Crippen molar-refractivity contribution in [3.05, 3.63) is 70.9 Å². The number of ether oxygens (including phenoxy) is 1. The zero-order valence-corrected chi connectivity index (χ0v) is 14.6. The number of nitrogens with zero attached hydrogens (tertiary/aromatic N) is 2. The van der Waals surface area contributed by atoms with E-state index in [9.17, 15) is 4.39 Å². The number of aromatic nitrogens is 3. The monoisotopic (exact) mass is 352 g/mol. The van der Waals surface area contributed by atoms with Crippen molar-refractivity contribution in [2.45, 2.75) is 38.8 Å². The number of pyridine rings is 1. The van der Waals surface area contributed by atoms with Crippen LogP contribution in [-0.2, 0) is 13.0 Å². The average Bonchev–Trinajstić information content (AvgIpc) is 3.05. The molecule has 2 N–H and O–H groups in total. The fourth-order valence-corrected chi connectivity index (χ4v) is 3.40. The molecule has 0 amide bonds. The minimum Gasteiger partial charge on any atom is -0.439 e. The van der Waals surface area contributed by atoms with E-state index >= 15 is 0 Å². The molecule has 1 aromatic carbocycles. The average molecular weight is 352 g/mol. The van der Waals surface area contributed by atoms with Gasteiger partial charge in [-0.1, -0.05) is 6.07 Å². The Hall–Kier alpha value is -2.73. The molecule has 1 aliphatic rings. The topological polar surface area (TPSA) is 62.8 Å². The van der Waals surface area contributed by atoms with Crippen molar-refractivity contribution < 1.29 is 9.13 Å². The third kappa shape index (κ3) is 3.60. The molecule has 4 rings (SSSR count). The smallest absolute Gasteiger partial charge is 0.219 e. The maximum Gasteiger partial charge on any atom is 0.219 e. The molecule has 2 heterocycles. The van der Waals surface area contributed by atoms with Gasteiger partial charge in [0.25, 0.3) is 0 Å². The predicted molar refractivity (Wildman–Crippen MR) is 96.6 cm³/mol. The number of benzene rings is 1. The zero-order chi connectivity index (χ0) is 17.9. The summed E-state index contributed by atoms with van der Waals surface area (Å²) in [5, 5.41) is 11.1. The Balaban J connectivity index is 1.38. The van der Waals surface area contributed by atoms with Gasteiger partial charge in [-0.2, -0.15) is 5.10 Å². The molecular weight excluding hydrogens is 331 g/mol. The zero-order valence-electron chi connectivity index (χ0n) is 14.6. The Morgan fingerprint density at radius 1 is 1.23 bits per heavy atom. The second-order valence-corrected chi connectivity index (χ2v) is 6.60. The summed E-state index contributed by atoms with van der Waals surface area (Å²) in [5.74, 6) is 0.770. The third-order valence-corrected chi connectivity index (χ3v) is 4.71. The van der Waals surface area contributed by atoms with Crippen LogP contribution in [0.15, 0.2) is 42.6 Å². The van der Waals surface area contributed by atoms with Crippen molar-refractivity contribution in [1.82, 2.24) is 20.5 Å². The number of hydrogen-bond acceptors (Lipinski definition) is 4. The molecule has 6 heteroatoms. The highest BCUT2D eigenvalue weighted by Gasteiger charge is 2.24. The number of rotatable bonds is 5. The van der Waals surface area contributed by atoms with Gasteiger partial charge >= 0.3 is 0 Å². The van der Waals surface area contributed by atoms with Gasteiger partial charge in [-0.3, -0.25) is 5.10 Å². The van der Waals surface area contributed by atoms with E-state index < -0.39 is 0 Å². The lowest BCUT2D eigenvalue weighted by atomic mass is 9.91. The minimum absolute atomic E-state index is 0.287. The molecule has 5 nitrogen and oxygen atoms in total. The van der Waals surface area contributed by atoms with Crippen molar-refractivity contribution >= 4 is 0 Å². The molecule has 0 fully saturated rings. The summed E-state index contributed by atoms with van der Waals surface area (Å²) in [4.78, 5) is 4.34. The van der Waals surface area contributed by atoms with Crippen molar-refractivity contribution in [2.24, 2.45) is 0 Å². The highest BCUT2D eigenvalue weighted by atomic mass is 19.1. The van der Waals surface area contributed by atoms with Gasteiger partial charge in [0.05, 0.1) is 5.69 Å². The quantitative estimate of drug-likeness (QED) is 0.722. The van der Waals surface area contributed by atoms with Gasteiger partial charge < -0.3 is 10.1 Å². The van der Waals surface area contributed by atoms with Gasteiger partial charge in [-0.05, 0) is 56.0 Å². The van der Waals surface area contributed by atoms with Crippen LogP contribution in [0.4, 0.5) is 4.39 Å². The number of halogens is 1. The summed E-state index contributed by atoms with van der Waals surface area (Å²) >= 11 is 0. The van der Waals surface area contributed by atoms with Crippen LogP contribution in [0.25, 0.3) is 0 Å². The first-order valence-corrected chi connectivity index (χ1v) is 8.84. The normalized spacial score (nSPS) is 16.3. The number of nitrogens with one attached hydrogen (secondary N) is 2. The van der Waals surface area contributed by atoms with Crippen LogP contribution in [0.1, 0.15) is 41.4 Å². The van der Waals surface area contributed by atoms with E-state index in [1.165, 1.54) is 23.4 Å². The Labute approximate surface area is 151 Å². The Morgan fingerprint density at radius 3 is 2.85 bits per heavy atom. The van der Waals surface area contributed by atoms with Crippen LogP contribution in [0, 0.1) is 12.7 Å². The van der Waals surface area contributed by atoms with Gasteiger partial charge in [0.2, 0.25) is 5.88 Å². The molecule has 1 aliphatic carbocycles. The van der Waals surface area contributed by atoms with Gasteiger partial charge in [-0.15, -0.1) is 0 Å². The highest BCUT2D eigenvalue weighted by molar-refractivity contribution is 5.31. The van der Waals surface area contributed by atoms with Crippen LogP contribution in [0.3, 0.4) is 0 Å². The maximum atomic E-state index is 12.9. The Morgan fingerprint density at radius 2 is 2.08 bits per heavy atom. The molecule has 0 aliphatic heterocycles. The van der Waals surface area contributed by atoms with Crippen molar-refractivity contribution in [3.63, 3.8) is 0 Å². The molecule has 0 radical (unpaired) electrons. The summed E-state index contributed by atoms with van der Waals surface area (Å²) < 4.78 is 18.6. The fraction of sp³-hybridized carbons (Fsp3) is 0.300. The maximum absolute atomic E-state index is 12.9. The van der Waals surface area contributed by atoms with E-state index in [-0.39, 0.29) is 5.82 Å². The highest BCUT2D eigenvalue weighted by Crippen LogP contribution is 2.30. The molecule has 0 bridgehead atoms. The number of fused-ring (bicyclic) bond motifs is 1. The second kappa shape index (κ2) is 7.25. The van der Waals surface area contributed by atoms with Gasteiger partial charge in [0.15, 0.2) is 0 Å². The van der Waals surface area contributed by atoms with Crippen LogP contribution < -0.4 is 10.1 Å². The standard InChI is InChI=1S/C20H21FN4O/c1-13-20-17(3-2-4-18(20)25-24-13)22-11-14-5-10-19(23-12-14)26-16-8-6-15(21)7-9-16/h5-10,12,17,22H,2-4,11H2,1H3,(H,24,25). The number of aryl methyl sites for hydroxylation is 2. The van der Waals surface area contributed by atoms with Crippen LogP contribution in [0.5, 0.6) is 11.6 Å². The lowest BCUT2D eigenvalue weighted by Gasteiger charge is -2.23. The van der Waals surface area contributed by atoms with E-state index in [0.717, 1.165) is 37.1 Å². The van der Waals surface area contributed by atoms with Crippen LogP contribution in [0.2, 0.25) is 0 Å². The molecule has 2 aromatic heterocycles. The number of aromatic amines is 1.